The first-order valence-corrected chi connectivity index (χ1v) is 7.09. The van der Waals surface area contributed by atoms with Crippen LogP contribution in [0.15, 0.2) is 54.6 Å². The molecule has 2 atom stereocenters. The summed E-state index contributed by atoms with van der Waals surface area (Å²) in [4.78, 5) is 12.2. The maximum Gasteiger partial charge on any atom is 0.316 e. The topological polar surface area (TPSA) is 46.5 Å². The molecule has 0 saturated carbocycles. The first-order chi connectivity index (χ1) is 10.1. The predicted molar refractivity (Wildman–Crippen MR) is 82.0 cm³/mol. The van der Waals surface area contributed by atoms with Gasteiger partial charge < -0.3 is 9.84 Å². The largest absolute Gasteiger partial charge is 0.465 e. The van der Waals surface area contributed by atoms with Gasteiger partial charge in [0, 0.05) is 0 Å². The highest BCUT2D eigenvalue weighted by Gasteiger charge is 2.30. The molecule has 0 heterocycles. The average Bonchev–Trinajstić information content (AvgIpc) is 2.49. The first kappa shape index (κ1) is 15.3. The van der Waals surface area contributed by atoms with Crippen molar-refractivity contribution in [2.24, 2.45) is 0 Å². The van der Waals surface area contributed by atoms with E-state index in [9.17, 15) is 9.90 Å². The zero-order chi connectivity index (χ0) is 15.2. The van der Waals surface area contributed by atoms with E-state index in [-0.39, 0.29) is 0 Å². The van der Waals surface area contributed by atoms with Gasteiger partial charge in [0.25, 0.3) is 0 Å². The van der Waals surface area contributed by atoms with Crippen molar-refractivity contribution in [3.63, 3.8) is 0 Å². The summed E-state index contributed by atoms with van der Waals surface area (Å²) in [5, 5.41) is 10.6. The lowest BCUT2D eigenvalue weighted by Gasteiger charge is -2.22. The highest BCUT2D eigenvalue weighted by atomic mass is 16.5. The molecule has 3 heteroatoms. The maximum atomic E-state index is 12.2. The van der Waals surface area contributed by atoms with Gasteiger partial charge >= 0.3 is 5.97 Å². The van der Waals surface area contributed by atoms with Crippen molar-refractivity contribution in [3.8, 4) is 0 Å². The summed E-state index contributed by atoms with van der Waals surface area (Å²) in [5.74, 6) is -1.12. The molecule has 0 aliphatic rings. The second-order valence-electron chi connectivity index (χ2n) is 5.00. The van der Waals surface area contributed by atoms with Crippen LogP contribution >= 0.6 is 0 Å². The molecule has 3 nitrogen and oxygen atoms in total. The van der Waals surface area contributed by atoms with Crippen LogP contribution in [0.1, 0.15) is 35.6 Å². The van der Waals surface area contributed by atoms with E-state index in [4.69, 9.17) is 4.74 Å². The van der Waals surface area contributed by atoms with Gasteiger partial charge in [-0.2, -0.15) is 0 Å². The average molecular weight is 284 g/mol. The molecule has 0 radical (unpaired) electrons. The van der Waals surface area contributed by atoms with Crippen LogP contribution in [0.3, 0.4) is 0 Å². The van der Waals surface area contributed by atoms with Crippen LogP contribution in [0.5, 0.6) is 0 Å². The molecule has 0 unspecified atom stereocenters. The normalized spacial score (nSPS) is 13.5. The molecule has 2 rings (SSSR count). The van der Waals surface area contributed by atoms with Gasteiger partial charge in [-0.05, 0) is 25.0 Å². The number of hydrogen-bond donors (Lipinski definition) is 1. The molecule has 0 aliphatic heterocycles. The van der Waals surface area contributed by atoms with Gasteiger partial charge in [-0.15, -0.1) is 0 Å². The summed E-state index contributed by atoms with van der Waals surface area (Å²) in [6.45, 7) is 4.04. The molecule has 0 aromatic heterocycles. The molecule has 0 fully saturated rings. The molecule has 0 bridgehead atoms. The fraction of sp³-hybridized carbons (Fsp3) is 0.278. The van der Waals surface area contributed by atoms with Crippen LogP contribution in [0.25, 0.3) is 0 Å². The Morgan fingerprint density at radius 2 is 1.67 bits per heavy atom. The van der Waals surface area contributed by atoms with Crippen molar-refractivity contribution in [1.29, 1.82) is 0 Å². The number of aliphatic hydroxyl groups excluding tert-OH is 1. The lowest BCUT2D eigenvalue weighted by atomic mass is 9.89. The van der Waals surface area contributed by atoms with Gasteiger partial charge in [-0.25, -0.2) is 0 Å². The number of ether oxygens (including phenoxy) is 1. The lowest BCUT2D eigenvalue weighted by Crippen LogP contribution is -2.22. The quantitative estimate of drug-likeness (QED) is 0.856. The van der Waals surface area contributed by atoms with Gasteiger partial charge in [0.15, 0.2) is 0 Å². The van der Waals surface area contributed by atoms with Crippen LogP contribution in [0, 0.1) is 6.92 Å². The van der Waals surface area contributed by atoms with Crippen molar-refractivity contribution in [1.82, 2.24) is 0 Å². The summed E-state index contributed by atoms with van der Waals surface area (Å²) in [5.41, 5.74) is 2.57. The minimum Gasteiger partial charge on any atom is -0.465 e. The Labute approximate surface area is 125 Å². The highest BCUT2D eigenvalue weighted by molar-refractivity contribution is 5.79. The number of aryl methyl sites for hydroxylation is 1. The number of esters is 1. The van der Waals surface area contributed by atoms with E-state index in [0.717, 1.165) is 11.1 Å². The Hall–Kier alpha value is -2.13. The van der Waals surface area contributed by atoms with Crippen molar-refractivity contribution in [2.75, 3.05) is 6.61 Å². The Balaban J connectivity index is 2.35. The standard InChI is InChI=1S/C18H20O3/c1-3-21-18(20)16(14-7-5-4-6-8-14)17(19)15-11-9-13(2)10-12-15/h4-12,16-17,19H,3H2,1-2H3/t16-,17+/m0/s1. The monoisotopic (exact) mass is 284 g/mol. The number of benzene rings is 2. The van der Waals surface area contributed by atoms with E-state index < -0.39 is 18.0 Å². The maximum absolute atomic E-state index is 12.2. The third-order valence-corrected chi connectivity index (χ3v) is 3.43. The van der Waals surface area contributed by atoms with Crippen LogP contribution < -0.4 is 0 Å². The predicted octanol–water partition coefficient (Wildman–Crippen LogP) is 3.38. The van der Waals surface area contributed by atoms with Crippen LogP contribution in [-0.4, -0.2) is 17.7 Å². The molecule has 0 aliphatic carbocycles. The second-order valence-corrected chi connectivity index (χ2v) is 5.00. The zero-order valence-corrected chi connectivity index (χ0v) is 12.3. The molecular formula is C18H20O3. The van der Waals surface area contributed by atoms with E-state index in [1.54, 1.807) is 6.92 Å². The molecule has 110 valence electrons. The molecule has 2 aromatic rings. The van der Waals surface area contributed by atoms with E-state index >= 15 is 0 Å². The number of aliphatic hydroxyl groups is 1. The molecule has 1 N–H and O–H groups in total. The van der Waals surface area contributed by atoms with Gasteiger partial charge in [-0.1, -0.05) is 60.2 Å². The van der Waals surface area contributed by atoms with Crippen molar-refractivity contribution in [2.45, 2.75) is 25.9 Å². The van der Waals surface area contributed by atoms with E-state index in [1.165, 1.54) is 0 Å². The molecule has 21 heavy (non-hydrogen) atoms. The Morgan fingerprint density at radius 1 is 1.05 bits per heavy atom. The summed E-state index contributed by atoms with van der Waals surface area (Å²) in [6.07, 6.45) is -0.924. The summed E-state index contributed by atoms with van der Waals surface area (Å²) >= 11 is 0. The summed E-state index contributed by atoms with van der Waals surface area (Å²) < 4.78 is 5.13. The van der Waals surface area contributed by atoms with Crippen LogP contribution in [-0.2, 0) is 9.53 Å². The summed E-state index contributed by atoms with van der Waals surface area (Å²) in [7, 11) is 0. The molecule has 0 amide bonds. The van der Waals surface area contributed by atoms with E-state index in [0.29, 0.717) is 12.2 Å². The van der Waals surface area contributed by atoms with Crippen LogP contribution in [0.4, 0.5) is 0 Å². The fourth-order valence-corrected chi connectivity index (χ4v) is 2.30. The zero-order valence-electron chi connectivity index (χ0n) is 12.3. The molecule has 0 spiro atoms. The Kier molecular flexibility index (Phi) is 5.12. The fourth-order valence-electron chi connectivity index (χ4n) is 2.30. The van der Waals surface area contributed by atoms with Gasteiger partial charge in [0.1, 0.15) is 5.92 Å². The second kappa shape index (κ2) is 7.04. The van der Waals surface area contributed by atoms with Gasteiger partial charge in [-0.3, -0.25) is 4.79 Å². The van der Waals surface area contributed by atoms with Crippen LogP contribution in [0.2, 0.25) is 0 Å². The van der Waals surface area contributed by atoms with E-state index in [2.05, 4.69) is 0 Å². The minimum absolute atomic E-state index is 0.294. The summed E-state index contributed by atoms with van der Waals surface area (Å²) in [6, 6.07) is 16.8. The van der Waals surface area contributed by atoms with Crippen molar-refractivity contribution < 1.29 is 14.6 Å². The smallest absolute Gasteiger partial charge is 0.316 e. The Bertz CT molecular complexity index is 575. The number of carbonyl (C=O) groups excluding carboxylic acids is 1. The third-order valence-electron chi connectivity index (χ3n) is 3.43. The number of hydrogen-bond acceptors (Lipinski definition) is 3. The van der Waals surface area contributed by atoms with Crippen molar-refractivity contribution >= 4 is 5.97 Å². The van der Waals surface area contributed by atoms with Gasteiger partial charge in [0.05, 0.1) is 12.7 Å². The molecule has 0 saturated heterocycles. The SMILES string of the molecule is CCOC(=O)[C@@H](c1ccccc1)[C@H](O)c1ccc(C)cc1. The molecule has 2 aromatic carbocycles. The van der Waals surface area contributed by atoms with E-state index in [1.807, 2.05) is 61.5 Å². The van der Waals surface area contributed by atoms with Crippen molar-refractivity contribution in [3.05, 3.63) is 71.3 Å². The van der Waals surface area contributed by atoms with Gasteiger partial charge in [0.2, 0.25) is 0 Å². The Morgan fingerprint density at radius 3 is 2.24 bits per heavy atom. The number of rotatable bonds is 5. The minimum atomic E-state index is -0.924. The lowest BCUT2D eigenvalue weighted by molar-refractivity contribution is -0.148. The highest BCUT2D eigenvalue weighted by Crippen LogP contribution is 2.32. The first-order valence-electron chi connectivity index (χ1n) is 7.09. The third kappa shape index (κ3) is 3.70. The molecular weight excluding hydrogens is 264 g/mol. The number of carbonyl (C=O) groups is 1.